The molecule has 2 fully saturated rings. The molecule has 5 rings (SSSR count). The van der Waals surface area contributed by atoms with Gasteiger partial charge >= 0.3 is 0 Å². The molecule has 28 heavy (non-hydrogen) atoms. The van der Waals surface area contributed by atoms with Crippen LogP contribution in [0.2, 0.25) is 0 Å². The Kier molecular flexibility index (Phi) is 4.77. The molecular weight excluding hydrogens is 348 g/mol. The molecule has 0 radical (unpaired) electrons. The highest BCUT2D eigenvalue weighted by Gasteiger charge is 2.23. The second-order valence-corrected chi connectivity index (χ2v) is 7.76. The van der Waals surface area contributed by atoms with Gasteiger partial charge in [0.25, 0.3) is 0 Å². The van der Waals surface area contributed by atoms with Crippen LogP contribution in [0.1, 0.15) is 38.5 Å². The predicted octanol–water partition coefficient (Wildman–Crippen LogP) is 4.07. The molecule has 0 bridgehead atoms. The van der Waals surface area contributed by atoms with Gasteiger partial charge in [0.05, 0.1) is 5.39 Å². The van der Waals surface area contributed by atoms with Crippen molar-refractivity contribution in [2.45, 2.75) is 38.5 Å². The number of piperidine rings is 2. The summed E-state index contributed by atoms with van der Waals surface area (Å²) in [5.41, 5.74) is 1.97. The Morgan fingerprint density at radius 2 is 1.29 bits per heavy atom. The van der Waals surface area contributed by atoms with Crippen LogP contribution in [0.4, 0.5) is 11.6 Å². The smallest absolute Gasteiger partial charge is 0.178 e. The van der Waals surface area contributed by atoms with Gasteiger partial charge < -0.3 is 9.80 Å². The third-order valence-electron chi connectivity index (χ3n) is 5.82. The summed E-state index contributed by atoms with van der Waals surface area (Å²) in [7, 11) is 0. The monoisotopic (exact) mass is 374 g/mol. The zero-order chi connectivity index (χ0) is 18.8. The summed E-state index contributed by atoms with van der Waals surface area (Å²) in [4.78, 5) is 14.4. The Hall–Kier alpha value is -2.76. The summed E-state index contributed by atoms with van der Waals surface area (Å²) < 4.78 is 0. The van der Waals surface area contributed by atoms with E-state index >= 15 is 0 Å². The van der Waals surface area contributed by atoms with Crippen LogP contribution in [0.25, 0.3) is 22.3 Å². The van der Waals surface area contributed by atoms with Crippen molar-refractivity contribution < 1.29 is 0 Å². The number of nitrogens with zero attached hydrogens (tertiary/aromatic N) is 6. The predicted molar refractivity (Wildman–Crippen MR) is 113 cm³/mol. The molecule has 1 aromatic carbocycles. The van der Waals surface area contributed by atoms with Gasteiger partial charge in [-0.05, 0) is 38.5 Å². The summed E-state index contributed by atoms with van der Waals surface area (Å²) in [5, 5.41) is 10.4. The average molecular weight is 374 g/mol. The molecule has 2 saturated heterocycles. The zero-order valence-corrected chi connectivity index (χ0v) is 16.2. The fourth-order valence-corrected chi connectivity index (χ4v) is 4.30. The Morgan fingerprint density at radius 1 is 0.679 bits per heavy atom. The molecule has 0 saturated carbocycles. The van der Waals surface area contributed by atoms with Crippen LogP contribution in [0.5, 0.6) is 0 Å². The Morgan fingerprint density at radius 3 is 1.96 bits per heavy atom. The minimum Gasteiger partial charge on any atom is -0.355 e. The van der Waals surface area contributed by atoms with Gasteiger partial charge in [0, 0.05) is 37.9 Å². The molecule has 2 aliphatic heterocycles. The molecule has 6 nitrogen and oxygen atoms in total. The largest absolute Gasteiger partial charge is 0.355 e. The maximum Gasteiger partial charge on any atom is 0.178 e. The van der Waals surface area contributed by atoms with Crippen LogP contribution in [-0.2, 0) is 0 Å². The average Bonchev–Trinajstić information content (AvgIpc) is 2.80. The van der Waals surface area contributed by atoms with Crippen molar-refractivity contribution in [1.29, 1.82) is 0 Å². The maximum absolute atomic E-state index is 4.99. The highest BCUT2D eigenvalue weighted by molar-refractivity contribution is 5.96. The van der Waals surface area contributed by atoms with Crippen molar-refractivity contribution in [1.82, 2.24) is 20.2 Å². The quantitative estimate of drug-likeness (QED) is 0.689. The SMILES string of the molecule is c1ccc(-c2ncc3c(N4CCCCC4)nnc(N4CCCCC4)c3n2)cc1. The van der Waals surface area contributed by atoms with Crippen molar-refractivity contribution in [3.63, 3.8) is 0 Å². The first kappa shape index (κ1) is 17.3. The van der Waals surface area contributed by atoms with E-state index in [1.807, 2.05) is 24.4 Å². The van der Waals surface area contributed by atoms with E-state index in [4.69, 9.17) is 9.97 Å². The van der Waals surface area contributed by atoms with Crippen LogP contribution in [-0.4, -0.2) is 46.3 Å². The molecule has 0 unspecified atom stereocenters. The first-order valence-electron chi connectivity index (χ1n) is 10.5. The summed E-state index contributed by atoms with van der Waals surface area (Å²) >= 11 is 0. The van der Waals surface area contributed by atoms with E-state index < -0.39 is 0 Å². The van der Waals surface area contributed by atoms with E-state index in [9.17, 15) is 0 Å². The standard InChI is InChI=1S/C22H26N6/c1-4-10-17(11-5-1)20-23-16-18-19(24-20)22(28-14-8-3-9-15-28)26-25-21(18)27-12-6-2-7-13-27/h1,4-5,10-11,16H,2-3,6-9,12-15H2. The number of hydrogen-bond acceptors (Lipinski definition) is 6. The fraction of sp³-hybridized carbons (Fsp3) is 0.455. The van der Waals surface area contributed by atoms with Gasteiger partial charge in [0.15, 0.2) is 17.5 Å². The van der Waals surface area contributed by atoms with Crippen molar-refractivity contribution in [3.8, 4) is 11.4 Å². The normalized spacial score (nSPS) is 17.9. The molecule has 6 heteroatoms. The van der Waals surface area contributed by atoms with Gasteiger partial charge in [-0.3, -0.25) is 0 Å². The topological polar surface area (TPSA) is 58.0 Å². The summed E-state index contributed by atoms with van der Waals surface area (Å²) in [6.07, 6.45) is 9.36. The minimum absolute atomic E-state index is 0.754. The van der Waals surface area contributed by atoms with Gasteiger partial charge in [-0.15, -0.1) is 10.2 Å². The molecule has 144 valence electrons. The van der Waals surface area contributed by atoms with E-state index in [1.54, 1.807) is 0 Å². The van der Waals surface area contributed by atoms with Gasteiger partial charge in [-0.2, -0.15) is 0 Å². The number of anilines is 2. The first-order chi connectivity index (χ1) is 13.9. The van der Waals surface area contributed by atoms with E-state index in [1.165, 1.54) is 38.5 Å². The zero-order valence-electron chi connectivity index (χ0n) is 16.2. The number of benzene rings is 1. The minimum atomic E-state index is 0.754. The Bertz CT molecular complexity index is 946. The van der Waals surface area contributed by atoms with Crippen molar-refractivity contribution in [3.05, 3.63) is 36.5 Å². The molecule has 2 aromatic heterocycles. The lowest BCUT2D eigenvalue weighted by molar-refractivity contribution is 0.566. The van der Waals surface area contributed by atoms with Crippen molar-refractivity contribution >= 4 is 22.5 Å². The van der Waals surface area contributed by atoms with E-state index in [2.05, 4.69) is 32.1 Å². The molecule has 3 aromatic rings. The van der Waals surface area contributed by atoms with Gasteiger partial charge in [0.1, 0.15) is 5.52 Å². The highest BCUT2D eigenvalue weighted by Crippen LogP contribution is 2.32. The van der Waals surface area contributed by atoms with Gasteiger partial charge in [-0.1, -0.05) is 30.3 Å². The van der Waals surface area contributed by atoms with E-state index in [0.717, 1.165) is 60.1 Å². The van der Waals surface area contributed by atoms with Crippen LogP contribution < -0.4 is 9.80 Å². The summed E-state index contributed by atoms with van der Waals surface area (Å²) in [5.74, 6) is 2.61. The molecule has 0 spiro atoms. The molecule has 0 atom stereocenters. The van der Waals surface area contributed by atoms with Gasteiger partial charge in [0.2, 0.25) is 0 Å². The van der Waals surface area contributed by atoms with Crippen LogP contribution in [0, 0.1) is 0 Å². The first-order valence-corrected chi connectivity index (χ1v) is 10.5. The molecule has 2 aliphatic rings. The van der Waals surface area contributed by atoms with Crippen LogP contribution in [0.3, 0.4) is 0 Å². The second-order valence-electron chi connectivity index (χ2n) is 7.76. The molecule has 0 aliphatic carbocycles. The number of aromatic nitrogens is 4. The number of fused-ring (bicyclic) bond motifs is 1. The number of hydrogen-bond donors (Lipinski definition) is 0. The third-order valence-corrected chi connectivity index (χ3v) is 5.82. The maximum atomic E-state index is 4.99. The molecular formula is C22H26N6. The summed E-state index contributed by atoms with van der Waals surface area (Å²) in [6, 6.07) is 10.2. The van der Waals surface area contributed by atoms with E-state index in [-0.39, 0.29) is 0 Å². The van der Waals surface area contributed by atoms with Crippen LogP contribution in [0.15, 0.2) is 36.5 Å². The van der Waals surface area contributed by atoms with Crippen molar-refractivity contribution in [2.75, 3.05) is 36.0 Å². The Balaban J connectivity index is 1.65. The second kappa shape index (κ2) is 7.70. The fourth-order valence-electron chi connectivity index (χ4n) is 4.30. The lowest BCUT2D eigenvalue weighted by Gasteiger charge is -2.31. The lowest BCUT2D eigenvalue weighted by atomic mass is 10.1. The Labute approximate surface area is 165 Å². The molecule has 0 N–H and O–H groups in total. The third kappa shape index (κ3) is 3.28. The van der Waals surface area contributed by atoms with E-state index in [0.29, 0.717) is 0 Å². The highest BCUT2D eigenvalue weighted by atomic mass is 15.3. The van der Waals surface area contributed by atoms with Crippen LogP contribution >= 0.6 is 0 Å². The van der Waals surface area contributed by atoms with Gasteiger partial charge in [-0.25, -0.2) is 9.97 Å². The molecule has 4 heterocycles. The van der Waals surface area contributed by atoms with Crippen molar-refractivity contribution in [2.24, 2.45) is 0 Å². The lowest BCUT2D eigenvalue weighted by Crippen LogP contribution is -2.33. The number of rotatable bonds is 3. The molecule has 0 amide bonds. The summed E-state index contributed by atoms with van der Waals surface area (Å²) in [6.45, 7) is 4.12.